The van der Waals surface area contributed by atoms with E-state index in [1.165, 1.54) is 25.7 Å². The van der Waals surface area contributed by atoms with E-state index in [1.54, 1.807) is 0 Å². The van der Waals surface area contributed by atoms with E-state index >= 15 is 0 Å². The van der Waals surface area contributed by atoms with Crippen LogP contribution in [0.5, 0.6) is 0 Å². The first-order valence-electron chi connectivity index (χ1n) is 9.81. The van der Waals surface area contributed by atoms with E-state index in [9.17, 15) is 0 Å². The van der Waals surface area contributed by atoms with Crippen molar-refractivity contribution in [3.63, 3.8) is 0 Å². The molecule has 0 saturated carbocycles. The van der Waals surface area contributed by atoms with E-state index in [0.717, 1.165) is 26.4 Å². The van der Waals surface area contributed by atoms with Crippen molar-refractivity contribution in [1.29, 1.82) is 0 Å². The van der Waals surface area contributed by atoms with Crippen molar-refractivity contribution in [2.45, 2.75) is 105 Å². The van der Waals surface area contributed by atoms with Gasteiger partial charge < -0.3 is 69.7 Å². The van der Waals surface area contributed by atoms with E-state index < -0.39 is 0 Å². The molecule has 0 N–H and O–H groups in total. The van der Waals surface area contributed by atoms with Crippen LogP contribution in [0.1, 0.15) is 81.1 Å². The monoisotopic (exact) mass is 574 g/mol. The van der Waals surface area contributed by atoms with Crippen LogP contribution in [-0.2, 0) is 61.2 Å². The first-order valence-corrected chi connectivity index (χ1v) is 9.81. The fourth-order valence-corrected chi connectivity index (χ4v) is 2.21. The third kappa shape index (κ3) is 63.2. The molecule has 2 aliphatic heterocycles. The maximum absolute atomic E-state index is 4.94. The van der Waals surface area contributed by atoms with Gasteiger partial charge in [-0.05, 0) is 25.7 Å². The fraction of sp³-hybridized carbons (Fsp3) is 1.00. The number of hydrogen-bond donors (Lipinski definition) is 0. The standard InChI is InChI=1S/2C6H14N.2C4H8O.4ClH.2Sc/c2*1-5(2)7-6(3)4;2*1-2-4-5-3-1;;;;;;/h2*5-6H,1-4H3;2*1-4H2;4*1H;;/q2*-1;;;;;;;2*+3/p-4. The second kappa shape index (κ2) is 41.9. The molecule has 0 spiro atoms. The fourth-order valence-electron chi connectivity index (χ4n) is 2.21. The Morgan fingerprint density at radius 3 is 0.633 bits per heavy atom. The van der Waals surface area contributed by atoms with Crippen LogP contribution in [0.4, 0.5) is 0 Å². The number of rotatable bonds is 4. The van der Waals surface area contributed by atoms with Gasteiger partial charge in [0.15, 0.2) is 0 Å². The first kappa shape index (κ1) is 53.9. The van der Waals surface area contributed by atoms with Crippen LogP contribution in [0.3, 0.4) is 0 Å². The second-order valence-corrected chi connectivity index (χ2v) is 7.31. The quantitative estimate of drug-likeness (QED) is 0.335. The zero-order valence-corrected chi connectivity index (χ0v) is 27.0. The predicted octanol–water partition coefficient (Wildman–Crippen LogP) is -6.04. The number of nitrogens with zero attached hydrogens (tertiary/aromatic N) is 2. The van der Waals surface area contributed by atoms with Crippen molar-refractivity contribution in [1.82, 2.24) is 0 Å². The largest absolute Gasteiger partial charge is 3.00 e. The summed E-state index contributed by atoms with van der Waals surface area (Å²) >= 11 is 0. The van der Waals surface area contributed by atoms with Gasteiger partial charge in [-0.3, -0.25) is 0 Å². The normalized spacial score (nSPS) is 13.2. The minimum absolute atomic E-state index is 0. The summed E-state index contributed by atoms with van der Waals surface area (Å²) in [7, 11) is 0. The van der Waals surface area contributed by atoms with Gasteiger partial charge in [0, 0.05) is 26.4 Å². The summed E-state index contributed by atoms with van der Waals surface area (Å²) in [6, 6.07) is 2.00. The molecule has 4 nitrogen and oxygen atoms in total. The second-order valence-electron chi connectivity index (χ2n) is 7.31. The van der Waals surface area contributed by atoms with Gasteiger partial charge in [0.25, 0.3) is 0 Å². The van der Waals surface area contributed by atoms with E-state index in [0.29, 0.717) is 24.2 Å². The van der Waals surface area contributed by atoms with Crippen LogP contribution in [0.2, 0.25) is 0 Å². The Morgan fingerprint density at radius 2 is 0.600 bits per heavy atom. The molecule has 30 heavy (non-hydrogen) atoms. The Labute approximate surface area is 250 Å². The third-order valence-corrected chi connectivity index (χ3v) is 2.85. The van der Waals surface area contributed by atoms with Crippen LogP contribution < -0.4 is 49.6 Å². The smallest absolute Gasteiger partial charge is 1.00 e. The Morgan fingerprint density at radius 1 is 0.433 bits per heavy atom. The predicted molar refractivity (Wildman–Crippen MR) is 107 cm³/mol. The van der Waals surface area contributed by atoms with Crippen LogP contribution in [-0.4, -0.2) is 50.6 Å². The summed E-state index contributed by atoms with van der Waals surface area (Å²) in [5.74, 6) is 0. The zero-order chi connectivity index (χ0) is 18.8. The summed E-state index contributed by atoms with van der Waals surface area (Å²) in [4.78, 5) is 0. The third-order valence-electron chi connectivity index (χ3n) is 2.85. The molecule has 180 valence electrons. The topological polar surface area (TPSA) is 46.7 Å². The van der Waals surface area contributed by atoms with Crippen LogP contribution in [0.25, 0.3) is 10.6 Å². The number of halogens is 4. The average Bonchev–Trinajstić information content (AvgIpc) is 3.16. The maximum atomic E-state index is 4.94. The van der Waals surface area contributed by atoms with Crippen molar-refractivity contribution in [2.75, 3.05) is 26.4 Å². The first-order chi connectivity index (χ1) is 11.3. The van der Waals surface area contributed by atoms with Crippen LogP contribution in [0.15, 0.2) is 0 Å². The number of ether oxygens (including phenoxy) is 2. The SMILES string of the molecule is C1CCOC1.C1CCOC1.CC(C)[N-]C(C)C.CC(C)[N-]C(C)C.[Cl-].[Cl-].[Cl-].[Cl-].[Sc+3].[Sc+3]. The molecular formula is C20H44Cl4N2O2Sc2. The molecule has 0 aromatic rings. The molecule has 0 aromatic carbocycles. The summed E-state index contributed by atoms with van der Waals surface area (Å²) in [6.45, 7) is 20.8. The van der Waals surface area contributed by atoms with E-state index in [1.807, 2.05) is 0 Å². The van der Waals surface area contributed by atoms with Gasteiger partial charge in [0.1, 0.15) is 0 Å². The Balaban J connectivity index is -0.0000000338. The molecule has 2 aliphatic rings. The molecule has 2 saturated heterocycles. The van der Waals surface area contributed by atoms with Crippen molar-refractivity contribution in [3.8, 4) is 0 Å². The maximum Gasteiger partial charge on any atom is 3.00 e. The Kier molecular flexibility index (Phi) is 75.3. The van der Waals surface area contributed by atoms with Gasteiger partial charge in [0.05, 0.1) is 0 Å². The van der Waals surface area contributed by atoms with Crippen molar-refractivity contribution in [2.24, 2.45) is 0 Å². The molecule has 2 heterocycles. The van der Waals surface area contributed by atoms with Crippen LogP contribution >= 0.6 is 0 Å². The molecule has 2 rings (SSSR count). The average molecular weight is 576 g/mol. The van der Waals surface area contributed by atoms with Gasteiger partial charge in [-0.25, -0.2) is 0 Å². The van der Waals surface area contributed by atoms with Gasteiger partial charge in [-0.1, -0.05) is 55.4 Å². The van der Waals surface area contributed by atoms with Gasteiger partial charge in [-0.15, -0.1) is 24.2 Å². The van der Waals surface area contributed by atoms with E-state index in [-0.39, 0.29) is 101 Å². The molecular weight excluding hydrogens is 532 g/mol. The number of hydrogen-bond acceptors (Lipinski definition) is 2. The summed E-state index contributed by atoms with van der Waals surface area (Å²) in [5, 5.41) is 8.56. The summed E-state index contributed by atoms with van der Waals surface area (Å²) in [6.07, 6.45) is 5.11. The van der Waals surface area contributed by atoms with Crippen LogP contribution in [0, 0.1) is 0 Å². The molecule has 0 bridgehead atoms. The minimum atomic E-state index is 0. The van der Waals surface area contributed by atoms with Gasteiger partial charge >= 0.3 is 51.7 Å². The van der Waals surface area contributed by atoms with Gasteiger partial charge in [-0.2, -0.15) is 0 Å². The van der Waals surface area contributed by atoms with Crippen molar-refractivity contribution >= 4 is 0 Å². The van der Waals surface area contributed by atoms with Gasteiger partial charge in [0.2, 0.25) is 0 Å². The molecule has 0 aliphatic carbocycles. The summed E-state index contributed by atoms with van der Waals surface area (Å²) in [5.41, 5.74) is 0. The van der Waals surface area contributed by atoms with E-state index in [2.05, 4.69) is 66.0 Å². The molecule has 0 radical (unpaired) electrons. The van der Waals surface area contributed by atoms with Crippen molar-refractivity contribution in [3.05, 3.63) is 10.6 Å². The molecule has 0 amide bonds. The molecule has 0 unspecified atom stereocenters. The Bertz CT molecular complexity index is 200. The zero-order valence-electron chi connectivity index (χ0n) is 20.3. The van der Waals surface area contributed by atoms with E-state index in [4.69, 9.17) is 9.47 Å². The molecule has 0 atom stereocenters. The minimum Gasteiger partial charge on any atom is -1.00 e. The Hall–Kier alpha value is 2.74. The molecule has 10 heteroatoms. The van der Waals surface area contributed by atoms with Crippen molar-refractivity contribution < 1.29 is 111 Å². The molecule has 0 aromatic heterocycles. The summed E-state index contributed by atoms with van der Waals surface area (Å²) < 4.78 is 9.89. The molecule has 2 fully saturated rings.